The number of nitrogens with one attached hydrogen (secondary N) is 3. The van der Waals surface area contributed by atoms with Crippen LogP contribution in [0.4, 0.5) is 9.59 Å². The molecule has 3 amide bonds. The first kappa shape index (κ1) is 34.5. The molecule has 0 bridgehead atoms. The number of rotatable bonds is 12. The number of hydrazone groups is 1. The Bertz CT molecular complexity index is 1380. The standard InChI is InChI=1S/C35H46N4O7/c1-5-10-29(38-39-33(43)36-20-22-15-17-23(18-16-22)32(41)42)30(19-31(40)46-35(2,3)4)37-34(44)45-21-28-26-13-8-6-11-24(26)25-12-7-9-14-27(25)28/h6-9,11-14,22-23,28,30H,5,10,15-21H2,1-4H3,(H,37,44)(H,41,42)(H2,36,39,43)/t22?,23?,30-/m0/s1. The molecule has 4 N–H and O–H groups in total. The average Bonchev–Trinajstić information content (AvgIpc) is 3.33. The number of hydrogen-bond acceptors (Lipinski definition) is 7. The van der Waals surface area contributed by atoms with Gasteiger partial charge in [-0.3, -0.25) is 9.59 Å². The Morgan fingerprint density at radius 3 is 2.13 bits per heavy atom. The molecule has 1 atom stereocenters. The molecule has 1 saturated carbocycles. The van der Waals surface area contributed by atoms with Crippen LogP contribution in [0.1, 0.15) is 89.7 Å². The molecule has 2 aromatic rings. The van der Waals surface area contributed by atoms with E-state index in [2.05, 4.69) is 33.3 Å². The number of ether oxygens (including phenoxy) is 2. The summed E-state index contributed by atoms with van der Waals surface area (Å²) < 4.78 is 11.3. The summed E-state index contributed by atoms with van der Waals surface area (Å²) >= 11 is 0. The molecular weight excluding hydrogens is 588 g/mol. The van der Waals surface area contributed by atoms with Crippen LogP contribution in [0.3, 0.4) is 0 Å². The Morgan fingerprint density at radius 2 is 1.57 bits per heavy atom. The monoisotopic (exact) mass is 634 g/mol. The van der Waals surface area contributed by atoms with Crippen molar-refractivity contribution in [2.24, 2.45) is 16.9 Å². The minimum Gasteiger partial charge on any atom is -0.481 e. The summed E-state index contributed by atoms with van der Waals surface area (Å²) in [7, 11) is 0. The predicted molar refractivity (Wildman–Crippen MR) is 174 cm³/mol. The third-order valence-corrected chi connectivity index (χ3v) is 8.38. The van der Waals surface area contributed by atoms with Crippen LogP contribution in [-0.2, 0) is 19.1 Å². The third-order valence-electron chi connectivity index (χ3n) is 8.38. The summed E-state index contributed by atoms with van der Waals surface area (Å²) in [6.45, 7) is 7.73. The Kier molecular flexibility index (Phi) is 11.8. The lowest BCUT2D eigenvalue weighted by molar-refractivity contribution is -0.155. The van der Waals surface area contributed by atoms with Gasteiger partial charge in [-0.15, -0.1) is 0 Å². The molecule has 46 heavy (non-hydrogen) atoms. The maximum Gasteiger partial charge on any atom is 0.407 e. The van der Waals surface area contributed by atoms with Gasteiger partial charge in [0, 0.05) is 12.5 Å². The van der Waals surface area contributed by atoms with Gasteiger partial charge in [0.05, 0.1) is 24.1 Å². The second-order valence-electron chi connectivity index (χ2n) is 13.0. The van der Waals surface area contributed by atoms with Gasteiger partial charge >= 0.3 is 24.1 Å². The zero-order valence-electron chi connectivity index (χ0n) is 27.1. The first-order valence-corrected chi connectivity index (χ1v) is 16.1. The van der Waals surface area contributed by atoms with Crippen molar-refractivity contribution in [1.82, 2.24) is 16.1 Å². The summed E-state index contributed by atoms with van der Waals surface area (Å²) in [6, 6.07) is 14.7. The summed E-state index contributed by atoms with van der Waals surface area (Å²) in [4.78, 5) is 49.9. The van der Waals surface area contributed by atoms with Crippen LogP contribution in [0.5, 0.6) is 0 Å². The Labute approximate surface area is 270 Å². The van der Waals surface area contributed by atoms with E-state index in [1.54, 1.807) is 20.8 Å². The maximum absolute atomic E-state index is 13.2. The molecule has 0 radical (unpaired) electrons. The van der Waals surface area contributed by atoms with Crippen molar-refractivity contribution < 1.29 is 33.8 Å². The Hall–Kier alpha value is -4.41. The van der Waals surface area contributed by atoms with E-state index < -0.39 is 35.7 Å². The fourth-order valence-corrected chi connectivity index (χ4v) is 6.16. The number of urea groups is 1. The highest BCUT2D eigenvalue weighted by molar-refractivity contribution is 5.95. The van der Waals surface area contributed by atoms with E-state index >= 15 is 0 Å². The van der Waals surface area contributed by atoms with Gasteiger partial charge in [-0.1, -0.05) is 61.9 Å². The highest BCUT2D eigenvalue weighted by atomic mass is 16.6. The third kappa shape index (κ3) is 9.55. The maximum atomic E-state index is 13.2. The number of carbonyl (C=O) groups excluding carboxylic acids is 3. The number of carbonyl (C=O) groups is 4. The molecule has 0 aromatic heterocycles. The highest BCUT2D eigenvalue weighted by Crippen LogP contribution is 2.44. The summed E-state index contributed by atoms with van der Waals surface area (Å²) in [5.74, 6) is -1.56. The molecule has 1 fully saturated rings. The quantitative estimate of drug-likeness (QED) is 0.127. The predicted octanol–water partition coefficient (Wildman–Crippen LogP) is 5.97. The van der Waals surface area contributed by atoms with E-state index in [9.17, 15) is 24.3 Å². The van der Waals surface area contributed by atoms with Gasteiger partial charge in [0.25, 0.3) is 0 Å². The van der Waals surface area contributed by atoms with E-state index in [0.29, 0.717) is 37.9 Å². The zero-order chi connectivity index (χ0) is 33.3. The molecule has 4 rings (SSSR count). The molecule has 0 spiro atoms. The van der Waals surface area contributed by atoms with Crippen LogP contribution in [0, 0.1) is 11.8 Å². The number of alkyl carbamates (subject to hydrolysis) is 1. The topological polar surface area (TPSA) is 155 Å². The smallest absolute Gasteiger partial charge is 0.407 e. The number of esters is 1. The fourth-order valence-electron chi connectivity index (χ4n) is 6.16. The largest absolute Gasteiger partial charge is 0.481 e. The molecule has 0 unspecified atom stereocenters. The van der Waals surface area contributed by atoms with Crippen molar-refractivity contribution in [3.05, 3.63) is 59.7 Å². The number of carboxylic acids is 1. The van der Waals surface area contributed by atoms with Crippen LogP contribution in [0.25, 0.3) is 11.1 Å². The fraction of sp³-hybridized carbons (Fsp3) is 0.514. The summed E-state index contributed by atoms with van der Waals surface area (Å²) in [6.07, 6.45) is 2.78. The van der Waals surface area contributed by atoms with Gasteiger partial charge in [-0.05, 0) is 81.0 Å². The molecule has 2 aliphatic carbocycles. The van der Waals surface area contributed by atoms with Gasteiger partial charge in [-0.25, -0.2) is 15.0 Å². The molecule has 0 aliphatic heterocycles. The second kappa shape index (κ2) is 15.7. The van der Waals surface area contributed by atoms with E-state index in [-0.39, 0.29) is 30.8 Å². The minimum absolute atomic E-state index is 0.105. The van der Waals surface area contributed by atoms with Crippen molar-refractivity contribution in [3.8, 4) is 11.1 Å². The molecular formula is C35H46N4O7. The molecule has 0 heterocycles. The number of hydrogen-bond donors (Lipinski definition) is 4. The van der Waals surface area contributed by atoms with E-state index in [1.807, 2.05) is 43.3 Å². The van der Waals surface area contributed by atoms with Crippen LogP contribution < -0.4 is 16.1 Å². The van der Waals surface area contributed by atoms with E-state index in [0.717, 1.165) is 35.1 Å². The van der Waals surface area contributed by atoms with Crippen LogP contribution >= 0.6 is 0 Å². The summed E-state index contributed by atoms with van der Waals surface area (Å²) in [5, 5.41) is 19.1. The zero-order valence-corrected chi connectivity index (χ0v) is 27.1. The number of fused-ring (bicyclic) bond motifs is 3. The number of nitrogens with zero attached hydrogens (tertiary/aromatic N) is 1. The summed E-state index contributed by atoms with van der Waals surface area (Å²) in [5.41, 5.74) is 6.58. The van der Waals surface area contributed by atoms with Crippen molar-refractivity contribution >= 4 is 29.8 Å². The van der Waals surface area contributed by atoms with Crippen LogP contribution in [0.2, 0.25) is 0 Å². The van der Waals surface area contributed by atoms with Gasteiger partial charge in [0.2, 0.25) is 0 Å². The lowest BCUT2D eigenvalue weighted by atomic mass is 9.82. The van der Waals surface area contributed by atoms with Gasteiger partial charge in [0.15, 0.2) is 0 Å². The van der Waals surface area contributed by atoms with Gasteiger partial charge in [-0.2, -0.15) is 5.10 Å². The molecule has 248 valence electrons. The average molecular weight is 635 g/mol. The number of carboxylic acid groups (broad SMARTS) is 1. The highest BCUT2D eigenvalue weighted by Gasteiger charge is 2.31. The normalized spacial score (nSPS) is 18.5. The van der Waals surface area contributed by atoms with Crippen molar-refractivity contribution in [3.63, 3.8) is 0 Å². The molecule has 11 heteroatoms. The number of aliphatic carboxylic acids is 1. The van der Waals surface area contributed by atoms with E-state index in [1.165, 1.54) is 0 Å². The van der Waals surface area contributed by atoms with Crippen molar-refractivity contribution in [2.45, 2.75) is 90.2 Å². The van der Waals surface area contributed by atoms with E-state index in [4.69, 9.17) is 9.47 Å². The molecule has 0 saturated heterocycles. The number of benzene rings is 2. The van der Waals surface area contributed by atoms with Gasteiger partial charge < -0.3 is 25.2 Å². The molecule has 2 aliphatic rings. The Morgan fingerprint density at radius 1 is 0.957 bits per heavy atom. The lowest BCUT2D eigenvalue weighted by Gasteiger charge is -2.26. The molecule has 2 aromatic carbocycles. The first-order chi connectivity index (χ1) is 21.9. The first-order valence-electron chi connectivity index (χ1n) is 16.1. The minimum atomic E-state index is -0.878. The van der Waals surface area contributed by atoms with Gasteiger partial charge in [0.1, 0.15) is 12.2 Å². The van der Waals surface area contributed by atoms with Crippen molar-refractivity contribution in [1.29, 1.82) is 0 Å². The second-order valence-corrected chi connectivity index (χ2v) is 13.0. The van der Waals surface area contributed by atoms with Crippen LogP contribution in [0.15, 0.2) is 53.6 Å². The van der Waals surface area contributed by atoms with Crippen LogP contribution in [-0.4, -0.2) is 59.7 Å². The molecule has 11 nitrogen and oxygen atoms in total. The number of amides is 3. The Balaban J connectivity index is 1.40. The lowest BCUT2D eigenvalue weighted by Crippen LogP contribution is -2.45. The SMILES string of the molecule is CCCC(=NNC(=O)NCC1CCC(C(=O)O)CC1)[C@H](CC(=O)OC(C)(C)C)NC(=O)OCC1c2ccccc2-c2ccccc21. The van der Waals surface area contributed by atoms with Crippen molar-refractivity contribution in [2.75, 3.05) is 13.2 Å².